The molecule has 0 N–H and O–H groups in total. The van der Waals surface area contributed by atoms with Crippen molar-refractivity contribution in [3.05, 3.63) is 84.7 Å². The fraction of sp³-hybridized carbons (Fsp3) is 0.241. The molecule has 196 valence electrons. The summed E-state index contributed by atoms with van der Waals surface area (Å²) in [6.45, 7) is 5.49. The zero-order chi connectivity index (χ0) is 27.5. The number of esters is 1. The third kappa shape index (κ3) is 5.42. The van der Waals surface area contributed by atoms with Gasteiger partial charge in [0.2, 0.25) is 5.84 Å². The van der Waals surface area contributed by atoms with Crippen LogP contribution in [0.2, 0.25) is 0 Å². The van der Waals surface area contributed by atoms with Crippen molar-refractivity contribution >= 4 is 40.5 Å². The van der Waals surface area contributed by atoms with Crippen molar-refractivity contribution in [1.82, 2.24) is 9.38 Å². The van der Waals surface area contributed by atoms with Crippen molar-refractivity contribution in [3.63, 3.8) is 0 Å². The zero-order valence-electron chi connectivity index (χ0n) is 21.7. The third-order valence-corrected chi connectivity index (χ3v) is 6.05. The fourth-order valence-corrected chi connectivity index (χ4v) is 4.16. The number of ether oxygens (including phenoxy) is 2. The molecule has 1 aliphatic rings. The van der Waals surface area contributed by atoms with E-state index in [0.29, 0.717) is 11.3 Å². The van der Waals surface area contributed by atoms with Crippen LogP contribution >= 0.6 is 0 Å². The molecule has 0 saturated heterocycles. The molecule has 1 atom stereocenters. The summed E-state index contributed by atoms with van der Waals surface area (Å²) < 4.78 is 10.2. The Bertz CT molecular complexity index is 1430. The number of hydrogen-bond donors (Lipinski definition) is 0. The largest absolute Gasteiger partial charge is 0.497 e. The van der Waals surface area contributed by atoms with Crippen LogP contribution in [0.4, 0.5) is 15.3 Å². The first kappa shape index (κ1) is 26.6. The number of benzene rings is 3. The van der Waals surface area contributed by atoms with E-state index in [1.54, 1.807) is 52.1 Å². The standard InChI is InChI=1S/C29H29N3O6/c1-29(2,3)38-27(34)31(4)18-16-25-30-17-19-32(25,28(35)36)21-12-14-22(15-13-21)37-26(33)24-11-7-9-20-8-5-6-10-23(20)24/h5-15,17,19H,16,18H2,1-4H3. The molecular formula is C29H29N3O6. The summed E-state index contributed by atoms with van der Waals surface area (Å²) in [4.78, 5) is 43.2. The van der Waals surface area contributed by atoms with E-state index in [1.807, 2.05) is 30.3 Å². The summed E-state index contributed by atoms with van der Waals surface area (Å²) in [5.41, 5.74) is 0.111. The molecule has 0 fully saturated rings. The van der Waals surface area contributed by atoms with Crippen molar-refractivity contribution in [2.75, 3.05) is 13.6 Å². The molecule has 1 aliphatic heterocycles. The SMILES string of the molecule is CN(CCC1=NC=C[N+]1(C(=O)[O-])c1ccc(OC(=O)c2cccc3ccccc23)cc1)C(=O)OC(C)(C)C. The second-order valence-electron chi connectivity index (χ2n) is 9.89. The van der Waals surface area contributed by atoms with E-state index < -0.39 is 28.2 Å². The summed E-state index contributed by atoms with van der Waals surface area (Å²) in [5.74, 6) is 0.00210. The zero-order valence-corrected chi connectivity index (χ0v) is 21.7. The summed E-state index contributed by atoms with van der Waals surface area (Å²) in [6.07, 6.45) is 1.03. The van der Waals surface area contributed by atoms with E-state index in [9.17, 15) is 19.5 Å². The van der Waals surface area contributed by atoms with Crippen molar-refractivity contribution in [1.29, 1.82) is 0 Å². The van der Waals surface area contributed by atoms with Crippen molar-refractivity contribution < 1.29 is 29.0 Å². The highest BCUT2D eigenvalue weighted by molar-refractivity contribution is 6.11. The molecule has 0 spiro atoms. The smallest absolute Gasteiger partial charge is 0.410 e. The Morgan fingerprint density at radius 2 is 1.66 bits per heavy atom. The van der Waals surface area contributed by atoms with Gasteiger partial charge in [-0.1, -0.05) is 36.4 Å². The maximum atomic E-state index is 12.9. The van der Waals surface area contributed by atoms with Gasteiger partial charge >= 0.3 is 12.1 Å². The molecule has 2 amide bonds. The maximum Gasteiger partial charge on any atom is 0.410 e. The highest BCUT2D eigenvalue weighted by atomic mass is 16.6. The van der Waals surface area contributed by atoms with Gasteiger partial charge in [-0.25, -0.2) is 14.6 Å². The lowest BCUT2D eigenvalue weighted by Crippen LogP contribution is -2.59. The average molecular weight is 516 g/mol. The normalized spacial score (nSPS) is 16.7. The van der Waals surface area contributed by atoms with Gasteiger partial charge in [-0.15, -0.1) is 0 Å². The fourth-order valence-electron chi connectivity index (χ4n) is 4.16. The molecule has 0 bridgehead atoms. The molecule has 0 saturated carbocycles. The van der Waals surface area contributed by atoms with Gasteiger partial charge in [-0.2, -0.15) is 4.48 Å². The van der Waals surface area contributed by atoms with Gasteiger partial charge in [0.1, 0.15) is 23.2 Å². The second-order valence-corrected chi connectivity index (χ2v) is 9.89. The molecule has 1 unspecified atom stereocenters. The lowest BCUT2D eigenvalue weighted by atomic mass is 10.0. The highest BCUT2D eigenvalue weighted by Crippen LogP contribution is 2.32. The summed E-state index contributed by atoms with van der Waals surface area (Å²) in [5, 5.41) is 14.1. The second kappa shape index (κ2) is 10.5. The van der Waals surface area contributed by atoms with E-state index in [1.165, 1.54) is 29.4 Å². The number of carboxylic acid groups (broad SMARTS) is 1. The average Bonchev–Trinajstić information content (AvgIpc) is 3.31. The Kier molecular flexibility index (Phi) is 7.32. The topological polar surface area (TPSA) is 108 Å². The Labute approximate surface area is 220 Å². The summed E-state index contributed by atoms with van der Waals surface area (Å²) in [7, 11) is 1.57. The molecule has 38 heavy (non-hydrogen) atoms. The number of amides is 2. The molecule has 0 radical (unpaired) electrons. The lowest BCUT2D eigenvalue weighted by Gasteiger charge is -2.32. The predicted molar refractivity (Wildman–Crippen MR) is 143 cm³/mol. The molecule has 9 nitrogen and oxygen atoms in total. The van der Waals surface area contributed by atoms with Crippen LogP contribution in [0.3, 0.4) is 0 Å². The van der Waals surface area contributed by atoms with Crippen molar-refractivity contribution in [2.45, 2.75) is 32.8 Å². The molecule has 0 aliphatic carbocycles. The van der Waals surface area contributed by atoms with E-state index >= 15 is 0 Å². The van der Waals surface area contributed by atoms with Crippen LogP contribution in [0.15, 0.2) is 84.1 Å². The number of rotatable bonds is 6. The molecule has 3 aromatic carbocycles. The maximum absolute atomic E-state index is 12.9. The number of nitrogens with zero attached hydrogens (tertiary/aromatic N) is 3. The minimum absolute atomic E-state index is 0.161. The molecular weight excluding hydrogens is 486 g/mol. The Balaban J connectivity index is 1.50. The Hall–Kier alpha value is -4.50. The van der Waals surface area contributed by atoms with E-state index in [2.05, 4.69) is 4.99 Å². The number of carbonyl (C=O) groups is 3. The summed E-state index contributed by atoms with van der Waals surface area (Å²) in [6, 6.07) is 19.1. The summed E-state index contributed by atoms with van der Waals surface area (Å²) >= 11 is 0. The van der Waals surface area contributed by atoms with Gasteiger partial charge in [0.25, 0.3) is 6.09 Å². The van der Waals surface area contributed by atoms with Gasteiger partial charge in [0.15, 0.2) is 0 Å². The number of quaternary nitrogens is 1. The van der Waals surface area contributed by atoms with E-state index in [4.69, 9.17) is 9.47 Å². The number of hydrogen-bond acceptors (Lipinski definition) is 7. The first-order valence-electron chi connectivity index (χ1n) is 12.1. The highest BCUT2D eigenvalue weighted by Gasteiger charge is 2.41. The van der Waals surface area contributed by atoms with Crippen LogP contribution in [0.5, 0.6) is 5.75 Å². The minimum atomic E-state index is -1.40. The molecule has 0 aromatic heterocycles. The number of amidine groups is 1. The van der Waals surface area contributed by atoms with Crippen LogP contribution < -0.4 is 14.3 Å². The molecule has 1 heterocycles. The van der Waals surface area contributed by atoms with Crippen LogP contribution in [0.1, 0.15) is 37.6 Å². The van der Waals surface area contributed by atoms with Crippen LogP contribution in [-0.2, 0) is 4.74 Å². The number of aliphatic imine (C=N–C) groups is 1. The molecule has 4 rings (SSSR count). The van der Waals surface area contributed by atoms with Crippen LogP contribution in [-0.4, -0.2) is 48.1 Å². The molecule has 9 heteroatoms. The van der Waals surface area contributed by atoms with Crippen LogP contribution in [0.25, 0.3) is 10.8 Å². The van der Waals surface area contributed by atoms with Gasteiger partial charge < -0.3 is 24.3 Å². The number of fused-ring (bicyclic) bond motifs is 1. The predicted octanol–water partition coefficient (Wildman–Crippen LogP) is 4.85. The third-order valence-electron chi connectivity index (χ3n) is 6.05. The van der Waals surface area contributed by atoms with Gasteiger partial charge in [-0.05, 0) is 49.7 Å². The van der Waals surface area contributed by atoms with Gasteiger partial charge in [0, 0.05) is 25.7 Å². The molecule has 3 aromatic rings. The first-order valence-corrected chi connectivity index (χ1v) is 12.1. The Morgan fingerprint density at radius 3 is 2.34 bits per heavy atom. The first-order chi connectivity index (χ1) is 18.0. The van der Waals surface area contributed by atoms with Crippen LogP contribution in [0, 0.1) is 0 Å². The lowest BCUT2D eigenvalue weighted by molar-refractivity contribution is -0.257. The monoisotopic (exact) mass is 515 g/mol. The van der Waals surface area contributed by atoms with Gasteiger partial charge in [-0.3, -0.25) is 0 Å². The Morgan fingerprint density at radius 1 is 0.974 bits per heavy atom. The minimum Gasteiger partial charge on any atom is -0.497 e. The van der Waals surface area contributed by atoms with E-state index in [-0.39, 0.29) is 24.6 Å². The van der Waals surface area contributed by atoms with E-state index in [0.717, 1.165) is 10.8 Å². The van der Waals surface area contributed by atoms with Crippen molar-refractivity contribution in [3.8, 4) is 5.75 Å². The number of carbonyl (C=O) groups excluding carboxylic acids is 3. The van der Waals surface area contributed by atoms with Crippen molar-refractivity contribution in [2.24, 2.45) is 4.99 Å². The van der Waals surface area contributed by atoms with Gasteiger partial charge in [0.05, 0.1) is 18.2 Å². The quantitative estimate of drug-likeness (QED) is 0.264.